The standard InChI is InChI=1S/C15H21NO5/c1-15(2,3)13(14(18)19)16-12(17)9-21-11-8-6-5-7-10(11)20-4/h5-8,13H,9H2,1-4H3,(H,16,17)(H,18,19)/t13-/m1/s1. The van der Waals surface area contributed by atoms with Crippen LogP contribution >= 0.6 is 0 Å². The third-order valence-electron chi connectivity index (χ3n) is 2.85. The molecular weight excluding hydrogens is 274 g/mol. The second kappa shape index (κ2) is 6.97. The average Bonchev–Trinajstić information content (AvgIpc) is 2.41. The molecule has 0 bridgehead atoms. The van der Waals surface area contributed by atoms with Gasteiger partial charge in [-0.3, -0.25) is 4.79 Å². The van der Waals surface area contributed by atoms with Gasteiger partial charge in [0.1, 0.15) is 6.04 Å². The molecule has 0 aliphatic rings. The van der Waals surface area contributed by atoms with Crippen LogP contribution < -0.4 is 14.8 Å². The largest absolute Gasteiger partial charge is 0.493 e. The van der Waals surface area contributed by atoms with Crippen molar-refractivity contribution in [2.45, 2.75) is 26.8 Å². The van der Waals surface area contributed by atoms with Crippen molar-refractivity contribution in [2.75, 3.05) is 13.7 Å². The molecule has 1 aromatic rings. The van der Waals surface area contributed by atoms with E-state index in [1.54, 1.807) is 45.0 Å². The first-order chi connectivity index (χ1) is 9.75. The molecule has 0 aliphatic carbocycles. The molecule has 1 amide bonds. The fourth-order valence-corrected chi connectivity index (χ4v) is 1.73. The number of para-hydroxylation sites is 2. The Labute approximate surface area is 124 Å². The van der Waals surface area contributed by atoms with Crippen molar-refractivity contribution in [3.8, 4) is 11.5 Å². The van der Waals surface area contributed by atoms with Gasteiger partial charge in [-0.1, -0.05) is 32.9 Å². The molecule has 116 valence electrons. The molecule has 0 heterocycles. The number of benzene rings is 1. The Balaban J connectivity index is 2.63. The van der Waals surface area contributed by atoms with Crippen LogP contribution in [0.2, 0.25) is 0 Å². The Morgan fingerprint density at radius 3 is 2.29 bits per heavy atom. The first-order valence-corrected chi connectivity index (χ1v) is 6.53. The van der Waals surface area contributed by atoms with Crippen molar-refractivity contribution in [3.63, 3.8) is 0 Å². The SMILES string of the molecule is COc1ccccc1OCC(=O)N[C@H](C(=O)O)C(C)(C)C. The molecule has 2 N–H and O–H groups in total. The lowest BCUT2D eigenvalue weighted by molar-refractivity contribution is -0.145. The summed E-state index contributed by atoms with van der Waals surface area (Å²) < 4.78 is 10.5. The predicted molar refractivity (Wildman–Crippen MR) is 77.5 cm³/mol. The first kappa shape index (κ1) is 16.8. The molecule has 21 heavy (non-hydrogen) atoms. The quantitative estimate of drug-likeness (QED) is 0.834. The zero-order valence-electron chi connectivity index (χ0n) is 12.7. The van der Waals surface area contributed by atoms with Crippen molar-refractivity contribution in [1.29, 1.82) is 0 Å². The molecule has 1 aromatic carbocycles. The lowest BCUT2D eigenvalue weighted by atomic mass is 9.87. The maximum atomic E-state index is 11.8. The number of hydrogen-bond acceptors (Lipinski definition) is 4. The molecule has 1 rings (SSSR count). The zero-order chi connectivity index (χ0) is 16.0. The van der Waals surface area contributed by atoms with Crippen molar-refractivity contribution < 1.29 is 24.2 Å². The number of carboxylic acid groups (broad SMARTS) is 1. The van der Waals surface area contributed by atoms with Crippen molar-refractivity contribution in [2.24, 2.45) is 5.41 Å². The number of methoxy groups -OCH3 is 1. The third-order valence-corrected chi connectivity index (χ3v) is 2.85. The van der Waals surface area contributed by atoms with Crippen molar-refractivity contribution >= 4 is 11.9 Å². The summed E-state index contributed by atoms with van der Waals surface area (Å²) in [5.74, 6) is -0.634. The van der Waals surface area contributed by atoms with Gasteiger partial charge < -0.3 is 19.9 Å². The number of ether oxygens (including phenoxy) is 2. The monoisotopic (exact) mass is 295 g/mol. The van der Waals surface area contributed by atoms with E-state index in [1.165, 1.54) is 7.11 Å². The number of rotatable bonds is 6. The van der Waals surface area contributed by atoms with E-state index < -0.39 is 23.3 Å². The van der Waals surface area contributed by atoms with Crippen LogP contribution in [0, 0.1) is 5.41 Å². The highest BCUT2D eigenvalue weighted by molar-refractivity contribution is 5.84. The smallest absolute Gasteiger partial charge is 0.326 e. The summed E-state index contributed by atoms with van der Waals surface area (Å²) in [5.41, 5.74) is -0.591. The number of nitrogens with one attached hydrogen (secondary N) is 1. The van der Waals surface area contributed by atoms with Gasteiger partial charge >= 0.3 is 5.97 Å². The summed E-state index contributed by atoms with van der Waals surface area (Å²) in [6.45, 7) is 4.95. The van der Waals surface area contributed by atoms with Crippen molar-refractivity contribution in [3.05, 3.63) is 24.3 Å². The lowest BCUT2D eigenvalue weighted by Gasteiger charge is -2.27. The van der Waals surface area contributed by atoms with Gasteiger partial charge in [-0.05, 0) is 17.5 Å². The van der Waals surface area contributed by atoms with Gasteiger partial charge in [0, 0.05) is 0 Å². The molecule has 0 radical (unpaired) electrons. The van der Waals surface area contributed by atoms with Gasteiger partial charge in [-0.2, -0.15) is 0 Å². The van der Waals surface area contributed by atoms with E-state index in [9.17, 15) is 9.59 Å². The molecule has 0 aromatic heterocycles. The summed E-state index contributed by atoms with van der Waals surface area (Å²) in [6.07, 6.45) is 0. The molecule has 6 heteroatoms. The fourth-order valence-electron chi connectivity index (χ4n) is 1.73. The molecular formula is C15H21NO5. The number of carboxylic acids is 1. The summed E-state index contributed by atoms with van der Waals surface area (Å²) in [5, 5.41) is 11.6. The molecule has 0 fully saturated rings. The highest BCUT2D eigenvalue weighted by Crippen LogP contribution is 2.25. The van der Waals surface area contributed by atoms with E-state index >= 15 is 0 Å². The number of amides is 1. The molecule has 0 aliphatic heterocycles. The molecule has 0 unspecified atom stereocenters. The van der Waals surface area contributed by atoms with Gasteiger partial charge in [0.2, 0.25) is 0 Å². The van der Waals surface area contributed by atoms with E-state index in [4.69, 9.17) is 14.6 Å². The highest BCUT2D eigenvalue weighted by atomic mass is 16.5. The van der Waals surface area contributed by atoms with Crippen LogP contribution in [0.15, 0.2) is 24.3 Å². The van der Waals surface area contributed by atoms with Gasteiger partial charge in [-0.15, -0.1) is 0 Å². The number of aliphatic carboxylic acids is 1. The van der Waals surface area contributed by atoms with E-state index in [1.807, 2.05) is 0 Å². The topological polar surface area (TPSA) is 84.9 Å². The fraction of sp³-hybridized carbons (Fsp3) is 0.467. The minimum Gasteiger partial charge on any atom is -0.493 e. The van der Waals surface area contributed by atoms with Gasteiger partial charge in [0.15, 0.2) is 18.1 Å². The third kappa shape index (κ3) is 4.98. The zero-order valence-corrected chi connectivity index (χ0v) is 12.7. The van der Waals surface area contributed by atoms with Crippen LogP contribution in [0.5, 0.6) is 11.5 Å². The van der Waals surface area contributed by atoms with Gasteiger partial charge in [0.25, 0.3) is 5.91 Å². The van der Waals surface area contributed by atoms with Crippen LogP contribution in [0.1, 0.15) is 20.8 Å². The van der Waals surface area contributed by atoms with Crippen LogP contribution in [-0.4, -0.2) is 36.7 Å². The maximum Gasteiger partial charge on any atom is 0.326 e. The van der Waals surface area contributed by atoms with Crippen LogP contribution in [0.3, 0.4) is 0 Å². The minimum atomic E-state index is -1.08. The number of carbonyl (C=O) groups excluding carboxylic acids is 1. The Morgan fingerprint density at radius 1 is 1.24 bits per heavy atom. The van der Waals surface area contributed by atoms with Gasteiger partial charge in [-0.25, -0.2) is 4.79 Å². The predicted octanol–water partition coefficient (Wildman–Crippen LogP) is 1.69. The number of carbonyl (C=O) groups is 2. The van der Waals surface area contributed by atoms with E-state index in [2.05, 4.69) is 5.32 Å². The van der Waals surface area contributed by atoms with Crippen molar-refractivity contribution in [1.82, 2.24) is 5.32 Å². The Morgan fingerprint density at radius 2 is 1.81 bits per heavy atom. The van der Waals surface area contributed by atoms with E-state index in [0.29, 0.717) is 11.5 Å². The summed E-state index contributed by atoms with van der Waals surface area (Å²) in [6, 6.07) is 5.94. The molecule has 0 saturated carbocycles. The first-order valence-electron chi connectivity index (χ1n) is 6.53. The molecule has 0 saturated heterocycles. The highest BCUT2D eigenvalue weighted by Gasteiger charge is 2.32. The Bertz CT molecular complexity index is 507. The van der Waals surface area contributed by atoms with E-state index in [0.717, 1.165) is 0 Å². The minimum absolute atomic E-state index is 0.278. The Kier molecular flexibility index (Phi) is 5.58. The van der Waals surface area contributed by atoms with Gasteiger partial charge in [0.05, 0.1) is 7.11 Å². The second-order valence-electron chi connectivity index (χ2n) is 5.64. The normalized spacial score (nSPS) is 12.4. The maximum absolute atomic E-state index is 11.8. The average molecular weight is 295 g/mol. The van der Waals surface area contributed by atoms with Crippen LogP contribution in [-0.2, 0) is 9.59 Å². The number of hydrogen-bond donors (Lipinski definition) is 2. The molecule has 6 nitrogen and oxygen atoms in total. The van der Waals surface area contributed by atoms with E-state index in [-0.39, 0.29) is 6.61 Å². The summed E-state index contributed by atoms with van der Waals surface area (Å²) >= 11 is 0. The Hall–Kier alpha value is -2.24. The second-order valence-corrected chi connectivity index (χ2v) is 5.64. The summed E-state index contributed by atoms with van der Waals surface area (Å²) in [7, 11) is 1.50. The summed E-state index contributed by atoms with van der Waals surface area (Å²) in [4.78, 5) is 23.0. The lowest BCUT2D eigenvalue weighted by Crippen LogP contribution is -2.50. The van der Waals surface area contributed by atoms with Crippen LogP contribution in [0.25, 0.3) is 0 Å². The molecule has 1 atom stereocenters. The molecule has 0 spiro atoms. The van der Waals surface area contributed by atoms with Crippen LogP contribution in [0.4, 0.5) is 0 Å².